The molecule has 0 aliphatic rings. The molecule has 2 aromatic rings. The van der Waals surface area contributed by atoms with Crippen LogP contribution in [0.1, 0.15) is 16.1 Å². The van der Waals surface area contributed by atoms with Crippen LogP contribution < -0.4 is 4.72 Å². The predicted octanol–water partition coefficient (Wildman–Crippen LogP) is 2.87. The number of sulfonamides is 1. The molecule has 0 bridgehead atoms. The maximum Gasteiger partial charge on any atom is 0.263 e. The second-order valence-corrected chi connectivity index (χ2v) is 6.97. The van der Waals surface area contributed by atoms with Gasteiger partial charge in [-0.3, -0.25) is 4.72 Å². The van der Waals surface area contributed by atoms with Crippen molar-refractivity contribution in [1.29, 1.82) is 0 Å². The van der Waals surface area contributed by atoms with Crippen molar-refractivity contribution in [2.24, 2.45) is 0 Å². The fraction of sp³-hybridized carbons (Fsp3) is 0.250. The van der Waals surface area contributed by atoms with Crippen molar-refractivity contribution >= 4 is 26.5 Å². The Morgan fingerprint density at radius 2 is 1.94 bits per heavy atom. The van der Waals surface area contributed by atoms with E-state index in [9.17, 15) is 8.42 Å². The number of nitrogens with zero attached hydrogens (tertiary/aromatic N) is 1. The third-order valence-corrected chi connectivity index (χ3v) is 5.00. The number of nitrogens with one attached hydrogen (secondary N) is 1. The molecule has 0 aliphatic carbocycles. The van der Waals surface area contributed by atoms with Crippen LogP contribution in [-0.4, -0.2) is 13.4 Å². The van der Waals surface area contributed by atoms with Gasteiger partial charge in [-0.2, -0.15) is 0 Å². The van der Waals surface area contributed by atoms with Gasteiger partial charge in [0.25, 0.3) is 10.0 Å². The minimum absolute atomic E-state index is 0.257. The lowest BCUT2D eigenvalue weighted by Crippen LogP contribution is -2.12. The topological polar surface area (TPSA) is 59.1 Å². The third-order valence-electron chi connectivity index (χ3n) is 2.55. The van der Waals surface area contributed by atoms with Gasteiger partial charge in [-0.25, -0.2) is 13.4 Å². The second-order valence-electron chi connectivity index (χ2n) is 4.08. The number of hydrogen-bond acceptors (Lipinski definition) is 4. The van der Waals surface area contributed by atoms with E-state index >= 15 is 0 Å². The number of aromatic nitrogens is 1. The van der Waals surface area contributed by atoms with E-state index in [0.29, 0.717) is 5.13 Å². The second kappa shape index (κ2) is 4.70. The molecule has 6 heteroatoms. The number of rotatable bonds is 3. The Labute approximate surface area is 111 Å². The molecule has 0 unspecified atom stereocenters. The van der Waals surface area contributed by atoms with Gasteiger partial charge >= 0.3 is 0 Å². The summed E-state index contributed by atoms with van der Waals surface area (Å²) in [6.45, 7) is 5.63. The summed E-state index contributed by atoms with van der Waals surface area (Å²) in [4.78, 5) is 5.44. The summed E-state index contributed by atoms with van der Waals surface area (Å²) >= 11 is 1.34. The Kier molecular flexibility index (Phi) is 3.41. The molecular weight excluding hydrogens is 268 g/mol. The lowest BCUT2D eigenvalue weighted by Gasteiger charge is -2.05. The van der Waals surface area contributed by atoms with Crippen LogP contribution in [0.4, 0.5) is 5.13 Å². The van der Waals surface area contributed by atoms with E-state index in [0.717, 1.165) is 16.1 Å². The van der Waals surface area contributed by atoms with Crippen LogP contribution in [-0.2, 0) is 10.0 Å². The Balaban J connectivity index is 2.33. The van der Waals surface area contributed by atoms with Crippen LogP contribution in [0.5, 0.6) is 0 Å². The molecule has 1 aromatic carbocycles. The molecule has 0 atom stereocenters. The smallest absolute Gasteiger partial charge is 0.255 e. The lowest BCUT2D eigenvalue weighted by atomic mass is 10.2. The molecule has 18 heavy (non-hydrogen) atoms. The first-order chi connectivity index (χ1) is 8.38. The summed E-state index contributed by atoms with van der Waals surface area (Å²) < 4.78 is 26.8. The summed E-state index contributed by atoms with van der Waals surface area (Å²) in [6, 6.07) is 6.79. The molecule has 0 fully saturated rings. The average Bonchev–Trinajstić information content (AvgIpc) is 2.57. The number of thiazole rings is 1. The molecule has 0 saturated carbocycles. The van der Waals surface area contributed by atoms with E-state index in [1.807, 2.05) is 26.8 Å². The first kappa shape index (κ1) is 13.0. The van der Waals surface area contributed by atoms with Gasteiger partial charge in [-0.15, -0.1) is 11.3 Å². The Morgan fingerprint density at radius 3 is 2.50 bits per heavy atom. The van der Waals surface area contributed by atoms with Crippen LogP contribution in [0.15, 0.2) is 29.2 Å². The fourth-order valence-electron chi connectivity index (χ4n) is 1.47. The summed E-state index contributed by atoms with van der Waals surface area (Å²) in [6.07, 6.45) is 0. The highest BCUT2D eigenvalue weighted by atomic mass is 32.2. The summed E-state index contributed by atoms with van der Waals surface area (Å²) in [5, 5.41) is 0.409. The molecule has 0 amide bonds. The molecule has 96 valence electrons. The van der Waals surface area contributed by atoms with Gasteiger partial charge in [0.05, 0.1) is 10.6 Å². The van der Waals surface area contributed by atoms with Crippen molar-refractivity contribution < 1.29 is 8.42 Å². The zero-order valence-corrected chi connectivity index (χ0v) is 12.0. The largest absolute Gasteiger partial charge is 0.263 e. The lowest BCUT2D eigenvalue weighted by molar-refractivity contribution is 0.601. The number of hydrogen-bond donors (Lipinski definition) is 1. The monoisotopic (exact) mass is 282 g/mol. The van der Waals surface area contributed by atoms with E-state index in [1.54, 1.807) is 18.2 Å². The molecule has 1 N–H and O–H groups in total. The first-order valence-electron chi connectivity index (χ1n) is 5.42. The highest BCUT2D eigenvalue weighted by Gasteiger charge is 2.16. The van der Waals surface area contributed by atoms with Crippen molar-refractivity contribution in [2.75, 3.05) is 4.72 Å². The van der Waals surface area contributed by atoms with Gasteiger partial charge in [0.2, 0.25) is 0 Å². The predicted molar refractivity (Wildman–Crippen MR) is 73.6 cm³/mol. The van der Waals surface area contributed by atoms with Crippen LogP contribution in [0.3, 0.4) is 0 Å². The van der Waals surface area contributed by atoms with E-state index in [2.05, 4.69) is 9.71 Å². The minimum atomic E-state index is -3.54. The van der Waals surface area contributed by atoms with Crippen molar-refractivity contribution in [2.45, 2.75) is 25.7 Å². The van der Waals surface area contributed by atoms with Crippen LogP contribution in [0.25, 0.3) is 0 Å². The standard InChI is InChI=1S/C12H14N2O2S2/c1-8-5-4-6-11(7-8)18(15,16)14-12-13-9(2)10(3)17-12/h4-7H,1-3H3,(H,13,14). The maximum atomic E-state index is 12.1. The number of aryl methyl sites for hydroxylation is 3. The Hall–Kier alpha value is -1.40. The minimum Gasteiger partial charge on any atom is -0.255 e. The van der Waals surface area contributed by atoms with Gasteiger partial charge in [0.1, 0.15) is 0 Å². The summed E-state index contributed by atoms with van der Waals surface area (Å²) in [5.74, 6) is 0. The Morgan fingerprint density at radius 1 is 1.22 bits per heavy atom. The summed E-state index contributed by atoms with van der Waals surface area (Å²) in [7, 11) is -3.54. The van der Waals surface area contributed by atoms with Crippen LogP contribution >= 0.6 is 11.3 Å². The highest BCUT2D eigenvalue weighted by Crippen LogP contribution is 2.24. The zero-order chi connectivity index (χ0) is 13.3. The summed E-state index contributed by atoms with van der Waals surface area (Å²) in [5.41, 5.74) is 1.76. The van der Waals surface area contributed by atoms with Gasteiger partial charge < -0.3 is 0 Å². The fourth-order valence-corrected chi connectivity index (χ4v) is 3.63. The van der Waals surface area contributed by atoms with Crippen LogP contribution in [0.2, 0.25) is 0 Å². The molecule has 1 heterocycles. The van der Waals surface area contributed by atoms with Gasteiger partial charge in [-0.05, 0) is 38.5 Å². The molecule has 4 nitrogen and oxygen atoms in total. The quantitative estimate of drug-likeness (QED) is 0.941. The third kappa shape index (κ3) is 2.70. The van der Waals surface area contributed by atoms with E-state index in [-0.39, 0.29) is 4.90 Å². The molecule has 0 aliphatic heterocycles. The van der Waals surface area contributed by atoms with E-state index in [4.69, 9.17) is 0 Å². The molecule has 0 saturated heterocycles. The normalized spacial score (nSPS) is 11.5. The van der Waals surface area contributed by atoms with Crippen molar-refractivity contribution in [3.05, 3.63) is 40.4 Å². The highest BCUT2D eigenvalue weighted by molar-refractivity contribution is 7.93. The average molecular weight is 282 g/mol. The van der Waals surface area contributed by atoms with Crippen molar-refractivity contribution in [3.8, 4) is 0 Å². The van der Waals surface area contributed by atoms with Gasteiger partial charge in [0.15, 0.2) is 5.13 Å². The SMILES string of the molecule is Cc1cccc(S(=O)(=O)Nc2nc(C)c(C)s2)c1. The molecule has 0 spiro atoms. The molecule has 2 rings (SSSR count). The van der Waals surface area contributed by atoms with Gasteiger partial charge in [-0.1, -0.05) is 12.1 Å². The van der Waals surface area contributed by atoms with Crippen LogP contribution in [0, 0.1) is 20.8 Å². The zero-order valence-electron chi connectivity index (χ0n) is 10.4. The maximum absolute atomic E-state index is 12.1. The van der Waals surface area contributed by atoms with E-state index < -0.39 is 10.0 Å². The molecule has 0 radical (unpaired) electrons. The van der Waals surface area contributed by atoms with Crippen molar-refractivity contribution in [1.82, 2.24) is 4.98 Å². The number of benzene rings is 1. The Bertz CT molecular complexity index is 656. The first-order valence-corrected chi connectivity index (χ1v) is 7.72. The molecule has 1 aromatic heterocycles. The van der Waals surface area contributed by atoms with Crippen molar-refractivity contribution in [3.63, 3.8) is 0 Å². The van der Waals surface area contributed by atoms with Gasteiger partial charge in [0, 0.05) is 4.88 Å². The number of anilines is 1. The van der Waals surface area contributed by atoms with E-state index in [1.165, 1.54) is 11.3 Å². The molecular formula is C12H14N2O2S2.